The van der Waals surface area contributed by atoms with Crippen LogP contribution in [0.3, 0.4) is 0 Å². The van der Waals surface area contributed by atoms with Crippen LogP contribution in [-0.4, -0.2) is 15.0 Å². The van der Waals surface area contributed by atoms with Crippen LogP contribution in [0.15, 0.2) is 22.9 Å². The molecule has 0 fully saturated rings. The van der Waals surface area contributed by atoms with Crippen LogP contribution in [0.4, 0.5) is 10.3 Å². The molecule has 0 atom stereocenters. The van der Waals surface area contributed by atoms with Crippen molar-refractivity contribution in [2.45, 2.75) is 6.42 Å². The molecule has 2 aromatic rings. The van der Waals surface area contributed by atoms with Gasteiger partial charge in [0.1, 0.15) is 15.5 Å². The summed E-state index contributed by atoms with van der Waals surface area (Å²) < 4.78 is 14.4. The number of allylic oxidation sites excluding steroid dienone is 1. The third kappa shape index (κ3) is 2.11. The summed E-state index contributed by atoms with van der Waals surface area (Å²) in [6.45, 7) is 0. The van der Waals surface area contributed by atoms with Crippen LogP contribution < -0.4 is 5.73 Å². The van der Waals surface area contributed by atoms with E-state index in [0.717, 1.165) is 17.3 Å². The first-order chi connectivity index (χ1) is 9.06. The van der Waals surface area contributed by atoms with Gasteiger partial charge >= 0.3 is 0 Å². The Labute approximate surface area is 121 Å². The van der Waals surface area contributed by atoms with E-state index in [2.05, 4.69) is 30.9 Å². The van der Waals surface area contributed by atoms with Gasteiger partial charge in [-0.1, -0.05) is 17.7 Å². The zero-order valence-electron chi connectivity index (χ0n) is 9.49. The van der Waals surface area contributed by atoms with Crippen molar-refractivity contribution in [1.29, 1.82) is 0 Å². The molecule has 0 bridgehead atoms. The number of rotatable bonds is 1. The molecule has 4 nitrogen and oxygen atoms in total. The van der Waals surface area contributed by atoms with E-state index in [9.17, 15) is 4.39 Å². The van der Waals surface area contributed by atoms with Crippen molar-refractivity contribution in [3.05, 3.63) is 50.7 Å². The number of pyridine rings is 1. The average molecular weight is 342 g/mol. The summed E-state index contributed by atoms with van der Waals surface area (Å²) in [5.74, 6) is -0.484. The molecule has 0 unspecified atom stereocenters. The highest BCUT2D eigenvalue weighted by atomic mass is 79.9. The third-order valence-electron chi connectivity index (χ3n) is 2.86. The minimum Gasteiger partial charge on any atom is -0.368 e. The van der Waals surface area contributed by atoms with E-state index in [1.165, 1.54) is 0 Å². The number of nitrogen functional groups attached to an aromatic ring is 1. The van der Waals surface area contributed by atoms with Crippen molar-refractivity contribution in [2.75, 3.05) is 5.73 Å². The van der Waals surface area contributed by atoms with Crippen molar-refractivity contribution in [2.24, 2.45) is 0 Å². The largest absolute Gasteiger partial charge is 0.368 e. The van der Waals surface area contributed by atoms with Gasteiger partial charge in [-0.3, -0.25) is 0 Å². The topological polar surface area (TPSA) is 64.7 Å². The van der Waals surface area contributed by atoms with Gasteiger partial charge in [0, 0.05) is 11.1 Å². The summed E-state index contributed by atoms with van der Waals surface area (Å²) in [7, 11) is 0. The molecule has 0 radical (unpaired) electrons. The lowest BCUT2D eigenvalue weighted by Gasteiger charge is -2.08. The van der Waals surface area contributed by atoms with Gasteiger partial charge in [-0.05, 0) is 34.0 Å². The van der Waals surface area contributed by atoms with Crippen molar-refractivity contribution < 1.29 is 4.39 Å². The molecular formula is C12H7BrClFN4. The fraction of sp³-hybridized carbons (Fsp3) is 0.0833. The summed E-state index contributed by atoms with van der Waals surface area (Å²) in [6, 6.07) is 1.79. The molecule has 19 heavy (non-hydrogen) atoms. The molecule has 0 spiro atoms. The van der Waals surface area contributed by atoms with Crippen LogP contribution in [0.5, 0.6) is 0 Å². The Balaban J connectivity index is 2.19. The fourth-order valence-electron chi connectivity index (χ4n) is 2.05. The molecule has 2 heterocycles. The molecule has 0 saturated carbocycles. The summed E-state index contributed by atoms with van der Waals surface area (Å²) in [6.07, 6.45) is 3.51. The zero-order valence-corrected chi connectivity index (χ0v) is 11.8. The van der Waals surface area contributed by atoms with Crippen LogP contribution >= 0.6 is 27.5 Å². The smallest absolute Gasteiger partial charge is 0.220 e. The summed E-state index contributed by atoms with van der Waals surface area (Å²) in [5.41, 5.74) is 8.02. The minimum atomic E-state index is -0.516. The van der Waals surface area contributed by atoms with Crippen LogP contribution in [0, 0.1) is 5.82 Å². The van der Waals surface area contributed by atoms with Crippen molar-refractivity contribution in [3.8, 4) is 0 Å². The van der Waals surface area contributed by atoms with E-state index in [1.807, 2.05) is 6.08 Å². The van der Waals surface area contributed by atoms with Crippen LogP contribution in [0.2, 0.25) is 5.15 Å². The third-order valence-corrected chi connectivity index (χ3v) is 3.58. The van der Waals surface area contributed by atoms with E-state index in [1.54, 1.807) is 6.07 Å². The normalized spacial score (nSPS) is 13.3. The molecule has 2 aromatic heterocycles. The molecule has 0 aromatic carbocycles. The van der Waals surface area contributed by atoms with Gasteiger partial charge in [-0.25, -0.2) is 19.3 Å². The number of hydrogen-bond donors (Lipinski definition) is 1. The van der Waals surface area contributed by atoms with Crippen molar-refractivity contribution in [1.82, 2.24) is 15.0 Å². The Morgan fingerprint density at radius 2 is 2.16 bits per heavy atom. The number of nitrogens with two attached hydrogens (primary N) is 1. The highest BCUT2D eigenvalue weighted by molar-refractivity contribution is 9.10. The lowest BCUT2D eigenvalue weighted by molar-refractivity contribution is 0.610. The van der Waals surface area contributed by atoms with Gasteiger partial charge in [0.05, 0.1) is 6.20 Å². The standard InChI is InChI=1S/C12H7BrClFN4/c13-9-3-7-5(1-2-6(7)11(14)18-9)10-8(15)4-17-12(16)19-10/h1,3-4H,2H2,(H2,16,17,19). The zero-order chi connectivity index (χ0) is 13.6. The predicted molar refractivity (Wildman–Crippen MR) is 74.1 cm³/mol. The number of fused-ring (bicyclic) bond motifs is 1. The SMILES string of the molecule is Nc1ncc(F)c(C2=CCc3c2cc(Br)nc3Cl)n1. The van der Waals surface area contributed by atoms with E-state index in [4.69, 9.17) is 17.3 Å². The van der Waals surface area contributed by atoms with Gasteiger partial charge < -0.3 is 5.73 Å². The second-order valence-electron chi connectivity index (χ2n) is 4.01. The van der Waals surface area contributed by atoms with Crippen LogP contribution in [0.1, 0.15) is 16.8 Å². The van der Waals surface area contributed by atoms with Gasteiger partial charge in [0.2, 0.25) is 5.95 Å². The summed E-state index contributed by atoms with van der Waals surface area (Å²) in [5, 5.41) is 0.401. The van der Waals surface area contributed by atoms with E-state index in [0.29, 0.717) is 21.8 Å². The van der Waals surface area contributed by atoms with E-state index in [-0.39, 0.29) is 11.6 Å². The Bertz CT molecular complexity index is 717. The number of anilines is 1. The summed E-state index contributed by atoms with van der Waals surface area (Å²) in [4.78, 5) is 11.7. The Kier molecular flexibility index (Phi) is 2.99. The molecule has 3 rings (SSSR count). The molecule has 0 amide bonds. The van der Waals surface area contributed by atoms with Crippen LogP contribution in [-0.2, 0) is 6.42 Å². The highest BCUT2D eigenvalue weighted by Gasteiger charge is 2.23. The quantitative estimate of drug-likeness (QED) is 0.810. The molecule has 2 N–H and O–H groups in total. The van der Waals surface area contributed by atoms with Crippen molar-refractivity contribution in [3.63, 3.8) is 0 Å². The average Bonchev–Trinajstić information content (AvgIpc) is 2.76. The maximum Gasteiger partial charge on any atom is 0.220 e. The highest BCUT2D eigenvalue weighted by Crippen LogP contribution is 2.37. The Morgan fingerprint density at radius 3 is 2.95 bits per heavy atom. The van der Waals surface area contributed by atoms with Gasteiger partial charge in [0.15, 0.2) is 5.82 Å². The monoisotopic (exact) mass is 340 g/mol. The maximum atomic E-state index is 13.8. The molecule has 7 heteroatoms. The lowest BCUT2D eigenvalue weighted by atomic mass is 10.1. The maximum absolute atomic E-state index is 13.8. The Morgan fingerprint density at radius 1 is 1.37 bits per heavy atom. The van der Waals surface area contributed by atoms with Crippen molar-refractivity contribution >= 4 is 39.1 Å². The van der Waals surface area contributed by atoms with Crippen LogP contribution in [0.25, 0.3) is 5.57 Å². The molecule has 0 aliphatic heterocycles. The fourth-order valence-corrected chi connectivity index (χ4v) is 2.83. The molecule has 1 aliphatic carbocycles. The summed E-state index contributed by atoms with van der Waals surface area (Å²) >= 11 is 9.35. The van der Waals surface area contributed by atoms with E-state index >= 15 is 0 Å². The number of halogens is 3. The molecular weight excluding hydrogens is 335 g/mol. The Hall–Kier alpha value is -1.53. The van der Waals surface area contributed by atoms with Gasteiger partial charge in [-0.15, -0.1) is 0 Å². The minimum absolute atomic E-state index is 0.0324. The first-order valence-electron chi connectivity index (χ1n) is 5.40. The predicted octanol–water partition coefficient (Wildman–Crippen LogP) is 3.00. The second-order valence-corrected chi connectivity index (χ2v) is 5.18. The molecule has 0 saturated heterocycles. The number of aromatic nitrogens is 3. The van der Waals surface area contributed by atoms with Gasteiger partial charge in [0.25, 0.3) is 0 Å². The first-order valence-corrected chi connectivity index (χ1v) is 6.57. The molecule has 1 aliphatic rings. The molecule has 96 valence electrons. The van der Waals surface area contributed by atoms with E-state index < -0.39 is 5.82 Å². The van der Waals surface area contributed by atoms with Gasteiger partial charge in [-0.2, -0.15) is 0 Å². The first kappa shape index (κ1) is 12.5. The number of nitrogens with zero attached hydrogens (tertiary/aromatic N) is 3. The second kappa shape index (κ2) is 4.54. The lowest BCUT2D eigenvalue weighted by Crippen LogP contribution is -2.02. The number of hydrogen-bond acceptors (Lipinski definition) is 4.